The third-order valence-corrected chi connectivity index (χ3v) is 5.08. The van der Waals surface area contributed by atoms with Crippen molar-refractivity contribution in [3.05, 3.63) is 65.2 Å². The number of carbonyl (C=O) groups excluding carboxylic acids is 1. The minimum Gasteiger partial charge on any atom is -0.352 e. The quantitative estimate of drug-likeness (QED) is 0.744. The first-order valence-electron chi connectivity index (χ1n) is 7.59. The van der Waals surface area contributed by atoms with Gasteiger partial charge in [0.2, 0.25) is 9.84 Å². The van der Waals surface area contributed by atoms with E-state index < -0.39 is 38.1 Å². The lowest BCUT2D eigenvalue weighted by Gasteiger charge is -2.13. The number of carbonyl (C=O) groups is 1. The predicted molar refractivity (Wildman–Crippen MR) is 87.1 cm³/mol. The van der Waals surface area contributed by atoms with Gasteiger partial charge in [0.05, 0.1) is 10.5 Å². The van der Waals surface area contributed by atoms with Crippen LogP contribution in [-0.2, 0) is 22.4 Å². The molecule has 27 heavy (non-hydrogen) atoms. The smallest absolute Gasteiger partial charge is 0.352 e. The topological polar surface area (TPSA) is 63.2 Å². The molecular formula is C17H14F5NO3S. The largest absolute Gasteiger partial charge is 0.416 e. The normalized spacial score (nSPS) is 12.2. The summed E-state index contributed by atoms with van der Waals surface area (Å²) in [5.41, 5.74) is -0.781. The lowest BCUT2D eigenvalue weighted by Crippen LogP contribution is -2.26. The predicted octanol–water partition coefficient (Wildman–Crippen LogP) is 3.67. The van der Waals surface area contributed by atoms with Gasteiger partial charge in [0.1, 0.15) is 0 Å². The molecule has 0 saturated heterocycles. The maximum absolute atomic E-state index is 12.9. The molecule has 1 amide bonds. The zero-order valence-corrected chi connectivity index (χ0v) is 14.4. The summed E-state index contributed by atoms with van der Waals surface area (Å²) in [6.07, 6.45) is -4.58. The first-order chi connectivity index (χ1) is 12.5. The van der Waals surface area contributed by atoms with E-state index in [1.54, 1.807) is 0 Å². The zero-order valence-electron chi connectivity index (χ0n) is 13.6. The molecule has 2 rings (SSSR count). The van der Waals surface area contributed by atoms with E-state index >= 15 is 0 Å². The first kappa shape index (κ1) is 20.8. The summed E-state index contributed by atoms with van der Waals surface area (Å²) in [7, 11) is -4.76. The van der Waals surface area contributed by atoms with Gasteiger partial charge in [-0.25, -0.2) is 8.42 Å². The van der Waals surface area contributed by atoms with Gasteiger partial charge in [0.25, 0.3) is 5.91 Å². The van der Waals surface area contributed by atoms with Crippen molar-refractivity contribution in [2.24, 2.45) is 0 Å². The Hall–Kier alpha value is -2.49. The van der Waals surface area contributed by atoms with Gasteiger partial charge in [0.15, 0.2) is 0 Å². The molecule has 0 unspecified atom stereocenters. The molecule has 0 bridgehead atoms. The van der Waals surface area contributed by atoms with E-state index in [1.807, 2.05) is 0 Å². The van der Waals surface area contributed by atoms with Gasteiger partial charge in [-0.3, -0.25) is 4.79 Å². The van der Waals surface area contributed by atoms with Crippen molar-refractivity contribution in [2.75, 3.05) is 6.54 Å². The van der Waals surface area contributed by atoms with Gasteiger partial charge in [-0.15, -0.1) is 0 Å². The Kier molecular flexibility index (Phi) is 6.19. The van der Waals surface area contributed by atoms with Crippen molar-refractivity contribution in [3.63, 3.8) is 0 Å². The number of amides is 1. The first-order valence-corrected chi connectivity index (χ1v) is 9.13. The summed E-state index contributed by atoms with van der Waals surface area (Å²) in [6.45, 7) is -0.0942. The summed E-state index contributed by atoms with van der Waals surface area (Å²) >= 11 is 0. The van der Waals surface area contributed by atoms with E-state index in [4.69, 9.17) is 0 Å². The molecule has 0 heterocycles. The Morgan fingerprint density at radius 1 is 1.00 bits per heavy atom. The Morgan fingerprint density at radius 3 is 2.15 bits per heavy atom. The van der Waals surface area contributed by atoms with Crippen molar-refractivity contribution in [1.29, 1.82) is 0 Å². The highest BCUT2D eigenvalue weighted by Crippen LogP contribution is 2.31. The second-order valence-electron chi connectivity index (χ2n) is 5.49. The molecule has 0 aliphatic carbocycles. The standard InChI is InChI=1S/C17H14F5NO3S/c18-16(19)27(25,26)13-7-5-12(6-8-13)15(24)23-10-9-11-3-1-2-4-14(11)17(20,21)22/h1-8,16H,9-10H2,(H,23,24). The monoisotopic (exact) mass is 407 g/mol. The maximum Gasteiger partial charge on any atom is 0.416 e. The molecule has 0 aromatic heterocycles. The van der Waals surface area contributed by atoms with Gasteiger partial charge in [-0.05, 0) is 42.3 Å². The van der Waals surface area contributed by atoms with Crippen LogP contribution in [0.25, 0.3) is 0 Å². The van der Waals surface area contributed by atoms with Gasteiger partial charge in [0, 0.05) is 12.1 Å². The number of alkyl halides is 5. The molecule has 0 spiro atoms. The van der Waals surface area contributed by atoms with E-state index in [0.717, 1.165) is 30.3 Å². The minimum atomic E-state index is -4.76. The molecule has 146 valence electrons. The van der Waals surface area contributed by atoms with Crippen LogP contribution in [0.1, 0.15) is 21.5 Å². The highest BCUT2D eigenvalue weighted by molar-refractivity contribution is 7.91. The number of hydrogen-bond acceptors (Lipinski definition) is 3. The van der Waals surface area contributed by atoms with Gasteiger partial charge >= 0.3 is 11.9 Å². The summed E-state index contributed by atoms with van der Waals surface area (Å²) in [5, 5.41) is 2.40. The Morgan fingerprint density at radius 2 is 1.59 bits per heavy atom. The van der Waals surface area contributed by atoms with Crippen molar-refractivity contribution >= 4 is 15.7 Å². The molecular weight excluding hydrogens is 393 g/mol. The molecule has 2 aromatic rings. The van der Waals surface area contributed by atoms with Crippen molar-refractivity contribution < 1.29 is 35.2 Å². The SMILES string of the molecule is O=C(NCCc1ccccc1C(F)(F)F)c1ccc(S(=O)(=O)C(F)F)cc1. The summed E-state index contributed by atoms with van der Waals surface area (Å²) in [4.78, 5) is 11.3. The Labute approximate surface area is 151 Å². The van der Waals surface area contributed by atoms with E-state index in [2.05, 4.69) is 5.32 Å². The van der Waals surface area contributed by atoms with Crippen LogP contribution in [0.2, 0.25) is 0 Å². The van der Waals surface area contributed by atoms with Gasteiger partial charge < -0.3 is 5.32 Å². The fourth-order valence-corrected chi connectivity index (χ4v) is 3.05. The third kappa shape index (κ3) is 5.03. The van der Waals surface area contributed by atoms with Crippen molar-refractivity contribution in [1.82, 2.24) is 5.32 Å². The molecule has 1 N–H and O–H groups in total. The highest BCUT2D eigenvalue weighted by atomic mass is 32.2. The maximum atomic E-state index is 12.9. The molecule has 0 aliphatic rings. The summed E-state index contributed by atoms with van der Waals surface area (Å²) in [6, 6.07) is 8.81. The lowest BCUT2D eigenvalue weighted by atomic mass is 10.0. The zero-order chi connectivity index (χ0) is 20.2. The minimum absolute atomic E-state index is 0.00711. The van der Waals surface area contributed by atoms with Crippen LogP contribution in [0.4, 0.5) is 22.0 Å². The van der Waals surface area contributed by atoms with Crippen LogP contribution in [0, 0.1) is 0 Å². The van der Waals surface area contributed by atoms with Crippen LogP contribution < -0.4 is 5.32 Å². The van der Waals surface area contributed by atoms with Crippen molar-refractivity contribution in [3.8, 4) is 0 Å². The van der Waals surface area contributed by atoms with E-state index in [9.17, 15) is 35.2 Å². The van der Waals surface area contributed by atoms with E-state index in [-0.39, 0.29) is 24.1 Å². The van der Waals surface area contributed by atoms with Crippen molar-refractivity contribution in [2.45, 2.75) is 23.3 Å². The number of sulfone groups is 1. The van der Waals surface area contributed by atoms with Crippen LogP contribution >= 0.6 is 0 Å². The van der Waals surface area contributed by atoms with Gasteiger partial charge in [-0.2, -0.15) is 22.0 Å². The number of benzene rings is 2. The van der Waals surface area contributed by atoms with E-state index in [1.165, 1.54) is 18.2 Å². The second kappa shape index (κ2) is 8.03. The average molecular weight is 407 g/mol. The van der Waals surface area contributed by atoms with Gasteiger partial charge in [-0.1, -0.05) is 18.2 Å². The molecule has 0 atom stereocenters. The number of nitrogens with one attached hydrogen (secondary N) is 1. The molecule has 0 saturated carbocycles. The van der Waals surface area contributed by atoms with Crippen LogP contribution in [0.5, 0.6) is 0 Å². The molecule has 0 radical (unpaired) electrons. The fraction of sp³-hybridized carbons (Fsp3) is 0.235. The molecule has 2 aromatic carbocycles. The third-order valence-electron chi connectivity index (χ3n) is 3.68. The average Bonchev–Trinajstić information content (AvgIpc) is 2.61. The molecule has 10 heteroatoms. The lowest BCUT2D eigenvalue weighted by molar-refractivity contribution is -0.138. The number of halogens is 5. The number of rotatable bonds is 6. The Bertz CT molecular complexity index is 909. The fourth-order valence-electron chi connectivity index (χ4n) is 2.33. The van der Waals surface area contributed by atoms with Crippen LogP contribution in [0.3, 0.4) is 0 Å². The van der Waals surface area contributed by atoms with Crippen LogP contribution in [-0.4, -0.2) is 26.6 Å². The summed E-state index contributed by atoms with van der Waals surface area (Å²) in [5.74, 6) is -4.24. The van der Waals surface area contributed by atoms with E-state index in [0.29, 0.717) is 0 Å². The molecule has 0 fully saturated rings. The summed E-state index contributed by atoms with van der Waals surface area (Å²) < 4.78 is 86.2. The highest BCUT2D eigenvalue weighted by Gasteiger charge is 2.32. The number of hydrogen-bond donors (Lipinski definition) is 1. The van der Waals surface area contributed by atoms with Crippen LogP contribution in [0.15, 0.2) is 53.4 Å². The molecule has 4 nitrogen and oxygen atoms in total. The Balaban J connectivity index is 2.02. The molecule has 0 aliphatic heterocycles. The second-order valence-corrected chi connectivity index (χ2v) is 7.41.